The first-order valence-corrected chi connectivity index (χ1v) is 8.56. The van der Waals surface area contributed by atoms with Crippen LogP contribution in [0.3, 0.4) is 0 Å². The molecule has 0 aliphatic heterocycles. The van der Waals surface area contributed by atoms with Gasteiger partial charge in [0.15, 0.2) is 0 Å². The number of hydrogen-bond acceptors (Lipinski definition) is 1. The molecule has 2 heteroatoms. The zero-order valence-corrected chi connectivity index (χ0v) is 14.3. The Kier molecular flexibility index (Phi) is 5.82. The number of anilines is 1. The van der Waals surface area contributed by atoms with E-state index in [1.54, 1.807) is 11.8 Å². The quantitative estimate of drug-likeness (QED) is 0.676. The molecule has 0 saturated heterocycles. The Balaban J connectivity index is 1.98. The number of likely N-dealkylation sites (N-methyl/N-ethyl adjacent to an activating group) is 1. The zero-order valence-electron chi connectivity index (χ0n) is 14.3. The molecule has 1 amide bonds. The second kappa shape index (κ2) is 7.62. The Morgan fingerprint density at radius 2 is 1.77 bits per heavy atom. The minimum absolute atomic E-state index is 0.0205. The van der Waals surface area contributed by atoms with E-state index in [9.17, 15) is 4.79 Å². The van der Waals surface area contributed by atoms with Crippen molar-refractivity contribution in [3.63, 3.8) is 0 Å². The summed E-state index contributed by atoms with van der Waals surface area (Å²) in [6, 6.07) is 8.52. The number of carbonyl (C=O) groups excluding carboxylic acids is 1. The number of hydrogen-bond donors (Lipinski definition) is 0. The molecule has 0 spiro atoms. The molecule has 2 rings (SSSR count). The van der Waals surface area contributed by atoms with E-state index in [2.05, 4.69) is 37.8 Å². The normalized spacial score (nSPS) is 21.4. The predicted molar refractivity (Wildman–Crippen MR) is 94.3 cm³/mol. The highest BCUT2D eigenvalue weighted by Gasteiger charge is 2.22. The van der Waals surface area contributed by atoms with Crippen LogP contribution in [-0.4, -0.2) is 13.0 Å². The molecule has 1 aliphatic carbocycles. The van der Waals surface area contributed by atoms with Crippen LogP contribution >= 0.6 is 0 Å². The van der Waals surface area contributed by atoms with Crippen molar-refractivity contribution in [1.82, 2.24) is 0 Å². The van der Waals surface area contributed by atoms with E-state index in [-0.39, 0.29) is 5.91 Å². The van der Waals surface area contributed by atoms with E-state index >= 15 is 0 Å². The SMILES string of the molecule is C=C(C)C(=O)N(C)c1ccc(C2CCC(CCC)CC2)cc1. The molecule has 0 bridgehead atoms. The van der Waals surface area contributed by atoms with E-state index in [0.717, 1.165) is 11.6 Å². The topological polar surface area (TPSA) is 20.3 Å². The maximum atomic E-state index is 12.0. The lowest BCUT2D eigenvalue weighted by molar-refractivity contribution is -0.114. The van der Waals surface area contributed by atoms with Crippen molar-refractivity contribution < 1.29 is 4.79 Å². The molecule has 0 N–H and O–H groups in total. The van der Waals surface area contributed by atoms with Crippen LogP contribution in [0.2, 0.25) is 0 Å². The summed E-state index contributed by atoms with van der Waals surface area (Å²) in [7, 11) is 1.81. The van der Waals surface area contributed by atoms with Crippen molar-refractivity contribution in [2.45, 2.75) is 58.3 Å². The van der Waals surface area contributed by atoms with Crippen LogP contribution < -0.4 is 4.90 Å². The molecule has 120 valence electrons. The third-order valence-corrected chi connectivity index (χ3v) is 4.97. The van der Waals surface area contributed by atoms with Crippen molar-refractivity contribution in [1.29, 1.82) is 0 Å². The summed E-state index contributed by atoms with van der Waals surface area (Å²) in [5.41, 5.74) is 2.94. The van der Waals surface area contributed by atoms with Crippen LogP contribution in [0.4, 0.5) is 5.69 Å². The van der Waals surface area contributed by atoms with Crippen molar-refractivity contribution in [2.24, 2.45) is 5.92 Å². The highest BCUT2D eigenvalue weighted by molar-refractivity contribution is 6.04. The summed E-state index contributed by atoms with van der Waals surface area (Å²) in [5.74, 6) is 1.62. The van der Waals surface area contributed by atoms with Crippen LogP contribution in [0.5, 0.6) is 0 Å². The first-order chi connectivity index (χ1) is 10.5. The summed E-state index contributed by atoms with van der Waals surface area (Å²) >= 11 is 0. The van der Waals surface area contributed by atoms with Crippen LogP contribution in [0.1, 0.15) is 63.9 Å². The van der Waals surface area contributed by atoms with Crippen molar-refractivity contribution in [2.75, 3.05) is 11.9 Å². The van der Waals surface area contributed by atoms with E-state index in [1.807, 2.05) is 7.05 Å². The van der Waals surface area contributed by atoms with Gasteiger partial charge in [-0.3, -0.25) is 4.79 Å². The average molecular weight is 299 g/mol. The molecule has 1 aromatic carbocycles. The lowest BCUT2D eigenvalue weighted by Crippen LogP contribution is -2.26. The Morgan fingerprint density at radius 1 is 1.18 bits per heavy atom. The second-order valence-electron chi connectivity index (χ2n) is 6.74. The molecular formula is C20H29NO. The standard InChI is InChI=1S/C20H29NO/c1-5-6-16-7-9-17(10-8-16)18-11-13-19(14-12-18)21(4)20(22)15(2)3/h11-14,16-17H,2,5-10H2,1,3-4H3. The Labute approximate surface area is 135 Å². The summed E-state index contributed by atoms with van der Waals surface area (Å²) < 4.78 is 0. The lowest BCUT2D eigenvalue weighted by Gasteiger charge is -2.29. The van der Waals surface area contributed by atoms with Crippen LogP contribution in [-0.2, 0) is 4.79 Å². The number of amides is 1. The third-order valence-electron chi connectivity index (χ3n) is 4.97. The average Bonchev–Trinajstić information content (AvgIpc) is 2.54. The molecule has 0 heterocycles. The van der Waals surface area contributed by atoms with E-state index in [4.69, 9.17) is 0 Å². The van der Waals surface area contributed by atoms with Gasteiger partial charge in [0.25, 0.3) is 5.91 Å². The van der Waals surface area contributed by atoms with Gasteiger partial charge in [0.1, 0.15) is 0 Å². The Hall–Kier alpha value is -1.57. The maximum Gasteiger partial charge on any atom is 0.253 e. The molecule has 0 aromatic heterocycles. The van der Waals surface area contributed by atoms with Gasteiger partial charge in [-0.05, 0) is 62.1 Å². The highest BCUT2D eigenvalue weighted by atomic mass is 16.2. The van der Waals surface area contributed by atoms with Crippen LogP contribution in [0.25, 0.3) is 0 Å². The number of carbonyl (C=O) groups is 1. The van der Waals surface area contributed by atoms with Crippen molar-refractivity contribution >= 4 is 11.6 Å². The van der Waals surface area contributed by atoms with Gasteiger partial charge in [0.2, 0.25) is 0 Å². The second-order valence-corrected chi connectivity index (χ2v) is 6.74. The minimum Gasteiger partial charge on any atom is -0.312 e. The van der Waals surface area contributed by atoms with E-state index in [1.165, 1.54) is 44.1 Å². The molecule has 0 unspecified atom stereocenters. The van der Waals surface area contributed by atoms with Crippen molar-refractivity contribution in [3.8, 4) is 0 Å². The largest absolute Gasteiger partial charge is 0.312 e. The monoisotopic (exact) mass is 299 g/mol. The highest BCUT2D eigenvalue weighted by Crippen LogP contribution is 2.37. The van der Waals surface area contributed by atoms with Gasteiger partial charge in [0, 0.05) is 18.3 Å². The van der Waals surface area contributed by atoms with Gasteiger partial charge in [-0.25, -0.2) is 0 Å². The predicted octanol–water partition coefficient (Wildman–Crippen LogP) is 5.30. The summed E-state index contributed by atoms with van der Waals surface area (Å²) in [6.45, 7) is 7.76. The third kappa shape index (κ3) is 4.00. The number of rotatable bonds is 5. The maximum absolute atomic E-state index is 12.0. The molecule has 1 saturated carbocycles. The molecule has 22 heavy (non-hydrogen) atoms. The molecule has 0 atom stereocenters. The fourth-order valence-corrected chi connectivity index (χ4v) is 3.57. The number of nitrogens with zero attached hydrogens (tertiary/aromatic N) is 1. The zero-order chi connectivity index (χ0) is 16.1. The van der Waals surface area contributed by atoms with Gasteiger partial charge in [-0.15, -0.1) is 0 Å². The number of benzene rings is 1. The van der Waals surface area contributed by atoms with E-state index in [0.29, 0.717) is 11.5 Å². The van der Waals surface area contributed by atoms with Crippen LogP contribution in [0.15, 0.2) is 36.4 Å². The Bertz CT molecular complexity index is 509. The molecule has 1 aliphatic rings. The first kappa shape index (κ1) is 16.8. The molecule has 1 fully saturated rings. The molecule has 0 radical (unpaired) electrons. The van der Waals surface area contributed by atoms with Gasteiger partial charge in [0.05, 0.1) is 0 Å². The fourth-order valence-electron chi connectivity index (χ4n) is 3.57. The van der Waals surface area contributed by atoms with Gasteiger partial charge < -0.3 is 4.90 Å². The van der Waals surface area contributed by atoms with Gasteiger partial charge >= 0.3 is 0 Å². The molecule has 2 nitrogen and oxygen atoms in total. The smallest absolute Gasteiger partial charge is 0.253 e. The first-order valence-electron chi connectivity index (χ1n) is 8.56. The van der Waals surface area contributed by atoms with Gasteiger partial charge in [-0.1, -0.05) is 38.5 Å². The fraction of sp³-hybridized carbons (Fsp3) is 0.550. The molecule has 1 aromatic rings. The van der Waals surface area contributed by atoms with E-state index < -0.39 is 0 Å². The minimum atomic E-state index is -0.0205. The summed E-state index contributed by atoms with van der Waals surface area (Å²) in [5, 5.41) is 0. The Morgan fingerprint density at radius 3 is 2.27 bits per heavy atom. The van der Waals surface area contributed by atoms with Gasteiger partial charge in [-0.2, -0.15) is 0 Å². The van der Waals surface area contributed by atoms with Crippen molar-refractivity contribution in [3.05, 3.63) is 42.0 Å². The van der Waals surface area contributed by atoms with Crippen LogP contribution in [0, 0.1) is 5.92 Å². The molecular weight excluding hydrogens is 270 g/mol. The lowest BCUT2D eigenvalue weighted by atomic mass is 9.77. The summed E-state index contributed by atoms with van der Waals surface area (Å²) in [6.07, 6.45) is 8.06. The summed E-state index contributed by atoms with van der Waals surface area (Å²) in [4.78, 5) is 13.6.